The van der Waals surface area contributed by atoms with E-state index in [4.69, 9.17) is 4.74 Å². The monoisotopic (exact) mass is 280 g/mol. The maximum absolute atomic E-state index is 12.7. The molecule has 8 unspecified atom stereocenters. The summed E-state index contributed by atoms with van der Waals surface area (Å²) in [5, 5.41) is 12.9. The summed E-state index contributed by atoms with van der Waals surface area (Å²) >= 11 is 0. The Kier molecular flexibility index (Phi) is 2.49. The number of nitrogens with one attached hydrogen (secondary N) is 1. The van der Waals surface area contributed by atoms with Crippen LogP contribution in [0.5, 0.6) is 0 Å². The number of hydrogen-bond acceptors (Lipinski definition) is 4. The number of fused-ring (bicyclic) bond motifs is 2. The fraction of sp³-hybridized carbons (Fsp3) is 0.857. The van der Waals surface area contributed by atoms with Crippen molar-refractivity contribution in [2.24, 2.45) is 23.7 Å². The van der Waals surface area contributed by atoms with Crippen LogP contribution in [0, 0.1) is 23.7 Å². The molecule has 2 saturated carbocycles. The van der Waals surface area contributed by atoms with Crippen LogP contribution < -0.4 is 5.32 Å². The highest BCUT2D eigenvalue weighted by Crippen LogP contribution is 2.63. The largest absolute Gasteiger partial charge is 0.390 e. The fourth-order valence-corrected chi connectivity index (χ4v) is 4.95. The molecule has 0 aromatic heterocycles. The maximum Gasteiger partial charge on any atom is 0.242 e. The van der Waals surface area contributed by atoms with Crippen LogP contribution in [0.2, 0.25) is 0 Å². The zero-order chi connectivity index (χ0) is 14.2. The van der Waals surface area contributed by atoms with E-state index in [2.05, 4.69) is 5.32 Å². The van der Waals surface area contributed by atoms with Gasteiger partial charge >= 0.3 is 0 Å². The molecule has 6 nitrogen and oxygen atoms in total. The Morgan fingerprint density at radius 3 is 3.00 bits per heavy atom. The van der Waals surface area contributed by atoms with E-state index in [9.17, 15) is 14.7 Å². The minimum absolute atomic E-state index is 0.0107. The predicted molar refractivity (Wildman–Crippen MR) is 68.2 cm³/mol. The Hall–Kier alpha value is -1.14. The molecule has 2 heterocycles. The highest BCUT2D eigenvalue weighted by atomic mass is 16.5. The minimum Gasteiger partial charge on any atom is -0.390 e. The number of aliphatic hydroxyl groups excluding tert-OH is 1. The standard InChI is InChI=1S/C14H20N2O4/c1-3-15-12(18)5(2)16-13(19)8-6-4-7-9(8)14(16)20-11(7)10(6)17/h5-11,14,17H,3-4H2,1-2H3,(H,15,18). The van der Waals surface area contributed by atoms with E-state index in [0.717, 1.165) is 6.42 Å². The van der Waals surface area contributed by atoms with Crippen LogP contribution in [0.1, 0.15) is 20.3 Å². The maximum atomic E-state index is 12.7. The van der Waals surface area contributed by atoms with Crippen molar-refractivity contribution < 1.29 is 19.4 Å². The number of nitrogens with zero attached hydrogens (tertiary/aromatic N) is 1. The molecule has 0 aromatic rings. The molecule has 2 amide bonds. The normalized spacial score (nSPS) is 49.0. The van der Waals surface area contributed by atoms with Gasteiger partial charge in [-0.15, -0.1) is 0 Å². The van der Waals surface area contributed by atoms with E-state index >= 15 is 0 Å². The van der Waals surface area contributed by atoms with Crippen molar-refractivity contribution in [1.29, 1.82) is 0 Å². The van der Waals surface area contributed by atoms with Gasteiger partial charge in [0.25, 0.3) is 0 Å². The first-order valence-corrected chi connectivity index (χ1v) is 7.49. The lowest BCUT2D eigenvalue weighted by Crippen LogP contribution is -2.52. The van der Waals surface area contributed by atoms with Gasteiger partial charge in [-0.2, -0.15) is 0 Å². The van der Waals surface area contributed by atoms with Crippen LogP contribution in [0.15, 0.2) is 0 Å². The van der Waals surface area contributed by atoms with Gasteiger partial charge in [-0.25, -0.2) is 0 Å². The van der Waals surface area contributed by atoms with Crippen LogP contribution in [-0.2, 0) is 14.3 Å². The first-order valence-electron chi connectivity index (χ1n) is 7.49. The second-order valence-corrected chi connectivity index (χ2v) is 6.46. The van der Waals surface area contributed by atoms with Gasteiger partial charge in [0.15, 0.2) is 0 Å². The zero-order valence-corrected chi connectivity index (χ0v) is 11.7. The van der Waals surface area contributed by atoms with Gasteiger partial charge in [-0.3, -0.25) is 9.59 Å². The number of rotatable bonds is 3. The van der Waals surface area contributed by atoms with Crippen molar-refractivity contribution >= 4 is 11.8 Å². The third-order valence-electron chi connectivity index (χ3n) is 5.70. The summed E-state index contributed by atoms with van der Waals surface area (Å²) in [6.45, 7) is 4.16. The predicted octanol–water partition coefficient (Wildman–Crippen LogP) is -0.679. The van der Waals surface area contributed by atoms with Gasteiger partial charge in [0.2, 0.25) is 11.8 Å². The molecule has 6 heteroatoms. The smallest absolute Gasteiger partial charge is 0.242 e. The molecular weight excluding hydrogens is 260 g/mol. The highest BCUT2D eigenvalue weighted by molar-refractivity contribution is 5.90. The van der Waals surface area contributed by atoms with Gasteiger partial charge in [0, 0.05) is 12.5 Å². The van der Waals surface area contributed by atoms with Crippen LogP contribution >= 0.6 is 0 Å². The van der Waals surface area contributed by atoms with Crippen molar-refractivity contribution in [2.45, 2.75) is 44.7 Å². The van der Waals surface area contributed by atoms with Gasteiger partial charge in [0.05, 0.1) is 18.1 Å². The fourth-order valence-electron chi connectivity index (χ4n) is 4.95. The van der Waals surface area contributed by atoms with Crippen LogP contribution in [-0.4, -0.2) is 52.8 Å². The Balaban J connectivity index is 1.64. The SMILES string of the molecule is CCNC(=O)C(C)N1C(=O)C2C3CC4C(OC1C42)C3O. The number of carbonyl (C=O) groups excluding carboxylic acids is 2. The average molecular weight is 280 g/mol. The third kappa shape index (κ3) is 1.27. The van der Waals surface area contributed by atoms with Gasteiger partial charge in [-0.1, -0.05) is 0 Å². The molecule has 4 fully saturated rings. The van der Waals surface area contributed by atoms with Crippen molar-refractivity contribution in [2.75, 3.05) is 6.54 Å². The van der Waals surface area contributed by atoms with E-state index < -0.39 is 12.1 Å². The summed E-state index contributed by atoms with van der Waals surface area (Å²) in [4.78, 5) is 26.3. The van der Waals surface area contributed by atoms with E-state index in [1.807, 2.05) is 6.92 Å². The number of hydrogen-bond donors (Lipinski definition) is 2. The van der Waals surface area contributed by atoms with E-state index in [-0.39, 0.29) is 41.9 Å². The van der Waals surface area contributed by atoms with Gasteiger partial charge in [0.1, 0.15) is 12.3 Å². The average Bonchev–Trinajstić information content (AvgIpc) is 3.07. The summed E-state index contributed by atoms with van der Waals surface area (Å²) in [5.74, 6) is 0.207. The molecule has 0 spiro atoms. The van der Waals surface area contributed by atoms with Gasteiger partial charge in [-0.05, 0) is 32.1 Å². The van der Waals surface area contributed by atoms with E-state index in [0.29, 0.717) is 12.5 Å². The number of amides is 2. The second-order valence-electron chi connectivity index (χ2n) is 6.46. The molecule has 4 rings (SSSR count). The summed E-state index contributed by atoms with van der Waals surface area (Å²) in [6, 6.07) is -0.506. The molecule has 8 atom stereocenters. The molecule has 4 aliphatic rings. The van der Waals surface area contributed by atoms with Crippen LogP contribution in [0.3, 0.4) is 0 Å². The third-order valence-corrected chi connectivity index (χ3v) is 5.70. The molecule has 2 saturated heterocycles. The number of likely N-dealkylation sites (tertiary alicyclic amines) is 1. The van der Waals surface area contributed by atoms with Crippen molar-refractivity contribution in [3.63, 3.8) is 0 Å². The highest BCUT2D eigenvalue weighted by Gasteiger charge is 2.73. The lowest BCUT2D eigenvalue weighted by Gasteiger charge is -2.33. The molecule has 2 aliphatic heterocycles. The molecule has 20 heavy (non-hydrogen) atoms. The molecule has 0 radical (unpaired) electrons. The number of likely N-dealkylation sites (N-methyl/N-ethyl adjacent to an activating group) is 1. The van der Waals surface area contributed by atoms with Gasteiger partial charge < -0.3 is 20.1 Å². The summed E-state index contributed by atoms with van der Waals surface area (Å²) in [5.41, 5.74) is 0. The molecular formula is C14H20N2O4. The summed E-state index contributed by atoms with van der Waals surface area (Å²) in [6.07, 6.45) is -0.0602. The first kappa shape index (κ1) is 12.6. The van der Waals surface area contributed by atoms with E-state index in [1.54, 1.807) is 11.8 Å². The van der Waals surface area contributed by atoms with Crippen molar-refractivity contribution in [3.05, 3.63) is 0 Å². The Morgan fingerprint density at radius 1 is 1.55 bits per heavy atom. The molecule has 2 N–H and O–H groups in total. The zero-order valence-electron chi connectivity index (χ0n) is 11.7. The molecule has 0 aromatic carbocycles. The summed E-state index contributed by atoms with van der Waals surface area (Å²) < 4.78 is 5.95. The molecule has 2 aliphatic carbocycles. The molecule has 110 valence electrons. The number of ether oxygens (including phenoxy) is 1. The second kappa shape index (κ2) is 3.95. The first-order chi connectivity index (χ1) is 9.56. The Labute approximate surface area is 117 Å². The van der Waals surface area contributed by atoms with Crippen LogP contribution in [0.4, 0.5) is 0 Å². The number of aliphatic hydroxyl groups is 1. The summed E-state index contributed by atoms with van der Waals surface area (Å²) in [7, 11) is 0. The Morgan fingerprint density at radius 2 is 2.30 bits per heavy atom. The lowest BCUT2D eigenvalue weighted by atomic mass is 9.80. The lowest BCUT2D eigenvalue weighted by molar-refractivity contribution is -0.159. The van der Waals surface area contributed by atoms with Crippen molar-refractivity contribution in [1.82, 2.24) is 10.2 Å². The quantitative estimate of drug-likeness (QED) is 0.718. The number of carbonyl (C=O) groups is 2. The molecule has 2 bridgehead atoms. The van der Waals surface area contributed by atoms with E-state index in [1.165, 1.54) is 0 Å². The minimum atomic E-state index is -0.506. The topological polar surface area (TPSA) is 78.9 Å². The Bertz CT molecular complexity index is 482. The van der Waals surface area contributed by atoms with Crippen LogP contribution in [0.25, 0.3) is 0 Å². The van der Waals surface area contributed by atoms with Crippen molar-refractivity contribution in [3.8, 4) is 0 Å².